The lowest BCUT2D eigenvalue weighted by molar-refractivity contribution is -0.137. The van der Waals surface area contributed by atoms with Crippen LogP contribution in [-0.4, -0.2) is 59.8 Å². The average Bonchev–Trinajstić information content (AvgIpc) is 2.38. The van der Waals surface area contributed by atoms with Crippen LogP contribution in [0.4, 0.5) is 0 Å². The first-order valence-corrected chi connectivity index (χ1v) is 7.57. The Kier molecular flexibility index (Phi) is 8.79. The third kappa shape index (κ3) is 7.39. The van der Waals surface area contributed by atoms with Gasteiger partial charge in [0.1, 0.15) is 6.10 Å². The molecule has 0 spiro atoms. The second-order valence-corrected chi connectivity index (χ2v) is 5.92. The molecule has 0 aliphatic heterocycles. The smallest absolute Gasteiger partial charge is 0.249 e. The number of hydrogen-bond acceptors (Lipinski definition) is 5. The largest absolute Gasteiger partial charge is 0.396 e. The van der Waals surface area contributed by atoms with E-state index >= 15 is 0 Å². The van der Waals surface area contributed by atoms with Crippen molar-refractivity contribution in [2.75, 3.05) is 31.7 Å². The normalized spacial score (nSPS) is 12.9. The van der Waals surface area contributed by atoms with Gasteiger partial charge in [-0.2, -0.15) is 11.8 Å². The molecular weight excluding hydrogens is 268 g/mol. The Labute approximate surface area is 118 Å². The Bertz CT molecular complexity index is 297. The van der Waals surface area contributed by atoms with E-state index in [2.05, 4.69) is 10.6 Å². The Morgan fingerprint density at radius 2 is 1.89 bits per heavy atom. The lowest BCUT2D eigenvalue weighted by Gasteiger charge is -2.27. The first-order chi connectivity index (χ1) is 8.85. The summed E-state index contributed by atoms with van der Waals surface area (Å²) >= 11 is 1.64. The second kappa shape index (κ2) is 9.17. The molecule has 1 atom stereocenters. The summed E-state index contributed by atoms with van der Waals surface area (Å²) in [5.41, 5.74) is -0.898. The molecule has 0 radical (unpaired) electrons. The first kappa shape index (κ1) is 18.2. The number of hydrogen-bond donors (Lipinski definition) is 4. The van der Waals surface area contributed by atoms with Gasteiger partial charge in [0.25, 0.3) is 0 Å². The van der Waals surface area contributed by atoms with E-state index in [1.165, 1.54) is 0 Å². The van der Waals surface area contributed by atoms with Crippen LogP contribution in [0, 0.1) is 5.41 Å². The number of aliphatic hydroxyl groups is 2. The van der Waals surface area contributed by atoms with Crippen LogP contribution in [0.25, 0.3) is 0 Å². The zero-order chi connectivity index (χ0) is 14.9. The molecule has 7 heteroatoms. The van der Waals surface area contributed by atoms with Crippen LogP contribution in [0.3, 0.4) is 0 Å². The number of rotatable bonds is 9. The SMILES string of the molecule is CSCCNC(=O)CCNC(=O)C(O)C(C)(C)CO. The maximum Gasteiger partial charge on any atom is 0.249 e. The van der Waals surface area contributed by atoms with E-state index in [1.807, 2.05) is 6.26 Å². The molecule has 0 aromatic carbocycles. The van der Waals surface area contributed by atoms with Gasteiger partial charge >= 0.3 is 0 Å². The highest BCUT2D eigenvalue weighted by atomic mass is 32.2. The van der Waals surface area contributed by atoms with Crippen LogP contribution < -0.4 is 10.6 Å². The topological polar surface area (TPSA) is 98.7 Å². The van der Waals surface area contributed by atoms with Gasteiger partial charge in [0.2, 0.25) is 11.8 Å². The van der Waals surface area contributed by atoms with Crippen molar-refractivity contribution in [2.24, 2.45) is 5.41 Å². The Balaban J connectivity index is 3.88. The molecule has 112 valence electrons. The molecule has 6 nitrogen and oxygen atoms in total. The quantitative estimate of drug-likeness (QED) is 0.423. The summed E-state index contributed by atoms with van der Waals surface area (Å²) in [6.45, 7) is 3.66. The molecule has 4 N–H and O–H groups in total. The van der Waals surface area contributed by atoms with Crippen molar-refractivity contribution >= 4 is 23.6 Å². The van der Waals surface area contributed by atoms with Gasteiger partial charge in [-0.25, -0.2) is 0 Å². The van der Waals surface area contributed by atoms with Gasteiger partial charge in [0.05, 0.1) is 6.61 Å². The van der Waals surface area contributed by atoms with Gasteiger partial charge in [0, 0.05) is 30.7 Å². The molecule has 0 heterocycles. The summed E-state index contributed by atoms with van der Waals surface area (Å²) in [5.74, 6) is 0.142. The van der Waals surface area contributed by atoms with Crippen LogP contribution in [0.5, 0.6) is 0 Å². The lowest BCUT2D eigenvalue weighted by Crippen LogP contribution is -2.46. The van der Waals surface area contributed by atoms with E-state index in [0.717, 1.165) is 5.75 Å². The maximum atomic E-state index is 11.6. The fourth-order valence-corrected chi connectivity index (χ4v) is 1.52. The summed E-state index contributed by atoms with van der Waals surface area (Å²) in [5, 5.41) is 23.9. The highest BCUT2D eigenvalue weighted by Crippen LogP contribution is 2.19. The third-order valence-electron chi connectivity index (χ3n) is 2.68. The van der Waals surface area contributed by atoms with Crippen molar-refractivity contribution in [1.82, 2.24) is 10.6 Å². The number of thioether (sulfide) groups is 1. The minimum atomic E-state index is -1.29. The van der Waals surface area contributed by atoms with Crippen LogP contribution in [0.2, 0.25) is 0 Å². The lowest BCUT2D eigenvalue weighted by atomic mass is 9.87. The number of carbonyl (C=O) groups excluding carboxylic acids is 2. The van der Waals surface area contributed by atoms with Gasteiger partial charge < -0.3 is 20.8 Å². The molecule has 1 unspecified atom stereocenters. The molecular formula is C12H24N2O4S. The van der Waals surface area contributed by atoms with Crippen LogP contribution in [0.15, 0.2) is 0 Å². The minimum absolute atomic E-state index is 0.134. The first-order valence-electron chi connectivity index (χ1n) is 6.17. The highest BCUT2D eigenvalue weighted by molar-refractivity contribution is 7.98. The van der Waals surface area contributed by atoms with Crippen molar-refractivity contribution in [1.29, 1.82) is 0 Å². The van der Waals surface area contributed by atoms with Gasteiger partial charge in [-0.1, -0.05) is 13.8 Å². The Morgan fingerprint density at radius 1 is 1.26 bits per heavy atom. The summed E-state index contributed by atoms with van der Waals surface area (Å²) in [4.78, 5) is 22.9. The van der Waals surface area contributed by atoms with Gasteiger partial charge in [-0.05, 0) is 6.26 Å². The van der Waals surface area contributed by atoms with E-state index in [4.69, 9.17) is 5.11 Å². The van der Waals surface area contributed by atoms with E-state index in [0.29, 0.717) is 6.54 Å². The van der Waals surface area contributed by atoms with Crippen LogP contribution >= 0.6 is 11.8 Å². The predicted molar refractivity (Wildman–Crippen MR) is 75.9 cm³/mol. The molecule has 0 rings (SSSR count). The standard InChI is InChI=1S/C12H24N2O4S/c1-12(2,8-15)10(17)11(18)14-5-4-9(16)13-6-7-19-3/h10,15,17H,4-8H2,1-3H3,(H,13,16)(H,14,18). The van der Waals surface area contributed by atoms with Gasteiger partial charge in [-0.3, -0.25) is 9.59 Å². The fraction of sp³-hybridized carbons (Fsp3) is 0.833. The molecule has 0 fully saturated rings. The molecule has 0 saturated carbocycles. The summed E-state index contributed by atoms with van der Waals surface area (Å²) < 4.78 is 0. The van der Waals surface area contributed by atoms with E-state index < -0.39 is 17.4 Å². The number of aliphatic hydroxyl groups excluding tert-OH is 2. The zero-order valence-corrected chi connectivity index (χ0v) is 12.5. The minimum Gasteiger partial charge on any atom is -0.396 e. The fourth-order valence-electron chi connectivity index (χ4n) is 1.22. The van der Waals surface area contributed by atoms with Crippen molar-refractivity contribution < 1.29 is 19.8 Å². The monoisotopic (exact) mass is 292 g/mol. The summed E-state index contributed by atoms with van der Waals surface area (Å²) in [7, 11) is 0. The van der Waals surface area contributed by atoms with Crippen molar-refractivity contribution in [3.8, 4) is 0 Å². The highest BCUT2D eigenvalue weighted by Gasteiger charge is 2.32. The average molecular weight is 292 g/mol. The Hall–Kier alpha value is -0.790. The van der Waals surface area contributed by atoms with Crippen molar-refractivity contribution in [3.63, 3.8) is 0 Å². The predicted octanol–water partition coefficient (Wildman–Crippen LogP) is -0.649. The molecule has 0 aliphatic carbocycles. The van der Waals surface area contributed by atoms with Crippen molar-refractivity contribution in [2.45, 2.75) is 26.4 Å². The van der Waals surface area contributed by atoms with Crippen molar-refractivity contribution in [3.05, 3.63) is 0 Å². The van der Waals surface area contributed by atoms with Crippen LogP contribution in [0.1, 0.15) is 20.3 Å². The van der Waals surface area contributed by atoms with Crippen LogP contribution in [-0.2, 0) is 9.59 Å². The Morgan fingerprint density at radius 3 is 2.42 bits per heavy atom. The molecule has 0 saturated heterocycles. The third-order valence-corrected chi connectivity index (χ3v) is 3.29. The summed E-state index contributed by atoms with van der Waals surface area (Å²) in [6.07, 6.45) is 0.834. The van der Waals surface area contributed by atoms with E-state index in [-0.39, 0.29) is 25.5 Å². The number of nitrogens with one attached hydrogen (secondary N) is 2. The number of amides is 2. The molecule has 0 aromatic rings. The van der Waals surface area contributed by atoms with E-state index in [9.17, 15) is 14.7 Å². The summed E-state index contributed by atoms with van der Waals surface area (Å²) in [6, 6.07) is 0. The molecule has 0 aliphatic rings. The molecule has 0 bridgehead atoms. The van der Waals surface area contributed by atoms with Gasteiger partial charge in [0.15, 0.2) is 0 Å². The van der Waals surface area contributed by atoms with E-state index in [1.54, 1.807) is 25.6 Å². The molecule has 2 amide bonds. The second-order valence-electron chi connectivity index (χ2n) is 4.93. The van der Waals surface area contributed by atoms with Gasteiger partial charge in [-0.15, -0.1) is 0 Å². The number of carbonyl (C=O) groups is 2. The zero-order valence-electron chi connectivity index (χ0n) is 11.7. The maximum absolute atomic E-state index is 11.6. The molecule has 0 aromatic heterocycles. The molecule has 19 heavy (non-hydrogen) atoms.